The van der Waals surface area contributed by atoms with Crippen LogP contribution in [0.3, 0.4) is 0 Å². The van der Waals surface area contributed by atoms with Gasteiger partial charge in [0.1, 0.15) is 0 Å². The second-order valence-corrected chi connectivity index (χ2v) is 2.72. The van der Waals surface area contributed by atoms with E-state index in [1.165, 1.54) is 11.3 Å². The van der Waals surface area contributed by atoms with Gasteiger partial charge in [-0.15, -0.1) is 0 Å². The summed E-state index contributed by atoms with van der Waals surface area (Å²) in [4.78, 5) is 0. The predicted molar refractivity (Wildman–Crippen MR) is 54.5 cm³/mol. The Kier molecular flexibility index (Phi) is 3.39. The summed E-state index contributed by atoms with van der Waals surface area (Å²) in [6.07, 6.45) is 5.26. The first-order valence-electron chi connectivity index (χ1n) is 4.24. The minimum absolute atomic E-state index is 1.02. The molecule has 0 amide bonds. The summed E-state index contributed by atoms with van der Waals surface area (Å²) in [6.45, 7) is 2.04. The van der Waals surface area contributed by atoms with Gasteiger partial charge in [0.05, 0.1) is 0 Å². The Morgan fingerprint density at radius 3 is 2.92 bits per heavy atom. The SMILES string of the molecule is C/C=C\Cc1cccc(NC)c1. The van der Waals surface area contributed by atoms with E-state index in [1.54, 1.807) is 0 Å². The fourth-order valence-electron chi connectivity index (χ4n) is 1.11. The van der Waals surface area contributed by atoms with E-state index in [0.29, 0.717) is 0 Å². The fourth-order valence-corrected chi connectivity index (χ4v) is 1.11. The Morgan fingerprint density at radius 2 is 2.25 bits per heavy atom. The fraction of sp³-hybridized carbons (Fsp3) is 0.273. The summed E-state index contributed by atoms with van der Waals surface area (Å²) in [5.41, 5.74) is 2.52. The lowest BCUT2D eigenvalue weighted by Crippen LogP contribution is -1.89. The summed E-state index contributed by atoms with van der Waals surface area (Å²) in [7, 11) is 1.94. The minimum atomic E-state index is 1.02. The zero-order chi connectivity index (χ0) is 8.81. The summed E-state index contributed by atoms with van der Waals surface area (Å²) in [6, 6.07) is 8.45. The minimum Gasteiger partial charge on any atom is -0.388 e. The molecular weight excluding hydrogens is 146 g/mol. The highest BCUT2D eigenvalue weighted by Gasteiger charge is 1.90. The maximum atomic E-state index is 3.12. The highest BCUT2D eigenvalue weighted by molar-refractivity contribution is 5.45. The van der Waals surface area contributed by atoms with Crippen LogP contribution in [0, 0.1) is 0 Å². The summed E-state index contributed by atoms with van der Waals surface area (Å²) < 4.78 is 0. The number of nitrogens with one attached hydrogen (secondary N) is 1. The van der Waals surface area contributed by atoms with Crippen LogP contribution in [0.25, 0.3) is 0 Å². The lowest BCUT2D eigenvalue weighted by Gasteiger charge is -2.01. The smallest absolute Gasteiger partial charge is 0.0340 e. The van der Waals surface area contributed by atoms with Gasteiger partial charge in [-0.25, -0.2) is 0 Å². The summed E-state index contributed by atoms with van der Waals surface area (Å²) in [5, 5.41) is 3.12. The zero-order valence-corrected chi connectivity index (χ0v) is 7.67. The molecule has 0 spiro atoms. The molecule has 0 fully saturated rings. The van der Waals surface area contributed by atoms with Crippen LogP contribution >= 0.6 is 0 Å². The molecule has 0 aliphatic carbocycles. The molecule has 0 heterocycles. The first-order valence-corrected chi connectivity index (χ1v) is 4.24. The van der Waals surface area contributed by atoms with Crippen LogP contribution in [0.5, 0.6) is 0 Å². The van der Waals surface area contributed by atoms with E-state index in [2.05, 4.69) is 41.7 Å². The molecule has 1 aromatic rings. The average molecular weight is 161 g/mol. The van der Waals surface area contributed by atoms with Gasteiger partial charge in [-0.2, -0.15) is 0 Å². The number of hydrogen-bond acceptors (Lipinski definition) is 1. The molecule has 64 valence electrons. The van der Waals surface area contributed by atoms with Gasteiger partial charge in [0, 0.05) is 12.7 Å². The van der Waals surface area contributed by atoms with Crippen LogP contribution in [0.15, 0.2) is 36.4 Å². The van der Waals surface area contributed by atoms with Crippen molar-refractivity contribution in [3.8, 4) is 0 Å². The van der Waals surface area contributed by atoms with Gasteiger partial charge in [-0.05, 0) is 31.0 Å². The van der Waals surface area contributed by atoms with Gasteiger partial charge < -0.3 is 5.32 Å². The van der Waals surface area contributed by atoms with Gasteiger partial charge >= 0.3 is 0 Å². The quantitative estimate of drug-likeness (QED) is 0.672. The molecule has 0 aromatic heterocycles. The standard InChI is InChI=1S/C11H15N/c1-3-4-6-10-7-5-8-11(9-10)12-2/h3-5,7-9,12H,6H2,1-2H3/b4-3-. The molecule has 1 heteroatoms. The van der Waals surface area contributed by atoms with Gasteiger partial charge in [-0.3, -0.25) is 0 Å². The van der Waals surface area contributed by atoms with Crippen molar-refractivity contribution in [1.82, 2.24) is 0 Å². The molecule has 0 saturated carbocycles. The Morgan fingerprint density at radius 1 is 1.42 bits per heavy atom. The van der Waals surface area contributed by atoms with Gasteiger partial charge in [0.15, 0.2) is 0 Å². The molecular formula is C11H15N. The molecule has 1 nitrogen and oxygen atoms in total. The molecule has 0 atom stereocenters. The van der Waals surface area contributed by atoms with Crippen molar-refractivity contribution in [2.24, 2.45) is 0 Å². The van der Waals surface area contributed by atoms with Crippen LogP contribution < -0.4 is 5.32 Å². The van der Waals surface area contributed by atoms with Crippen molar-refractivity contribution in [3.05, 3.63) is 42.0 Å². The maximum Gasteiger partial charge on any atom is 0.0340 e. The van der Waals surface area contributed by atoms with Crippen LogP contribution in [-0.4, -0.2) is 7.05 Å². The molecule has 0 aliphatic heterocycles. The van der Waals surface area contributed by atoms with Crippen LogP contribution in [0.4, 0.5) is 5.69 Å². The molecule has 1 N–H and O–H groups in total. The van der Waals surface area contributed by atoms with Crippen molar-refractivity contribution >= 4 is 5.69 Å². The summed E-state index contributed by atoms with van der Waals surface area (Å²) >= 11 is 0. The predicted octanol–water partition coefficient (Wildman–Crippen LogP) is 2.85. The number of benzene rings is 1. The van der Waals surface area contributed by atoms with Crippen molar-refractivity contribution in [2.75, 3.05) is 12.4 Å². The normalized spacial score (nSPS) is 10.5. The molecule has 1 aromatic carbocycles. The third-order valence-electron chi connectivity index (χ3n) is 1.80. The Balaban J connectivity index is 2.72. The third-order valence-corrected chi connectivity index (χ3v) is 1.80. The topological polar surface area (TPSA) is 12.0 Å². The van der Waals surface area contributed by atoms with Crippen molar-refractivity contribution in [1.29, 1.82) is 0 Å². The molecule has 0 aliphatic rings. The largest absolute Gasteiger partial charge is 0.388 e. The molecule has 1 rings (SSSR count). The number of anilines is 1. The number of allylic oxidation sites excluding steroid dienone is 2. The van der Waals surface area contributed by atoms with Crippen LogP contribution in [0.2, 0.25) is 0 Å². The van der Waals surface area contributed by atoms with Crippen molar-refractivity contribution in [3.63, 3.8) is 0 Å². The van der Waals surface area contributed by atoms with Crippen LogP contribution in [-0.2, 0) is 6.42 Å². The van der Waals surface area contributed by atoms with Crippen LogP contribution in [0.1, 0.15) is 12.5 Å². The Bertz CT molecular complexity index is 263. The lowest BCUT2D eigenvalue weighted by atomic mass is 10.1. The zero-order valence-electron chi connectivity index (χ0n) is 7.67. The molecule has 0 radical (unpaired) electrons. The van der Waals surface area contributed by atoms with Crippen molar-refractivity contribution in [2.45, 2.75) is 13.3 Å². The summed E-state index contributed by atoms with van der Waals surface area (Å²) in [5.74, 6) is 0. The second kappa shape index (κ2) is 4.60. The first kappa shape index (κ1) is 8.85. The van der Waals surface area contributed by atoms with Crippen molar-refractivity contribution < 1.29 is 0 Å². The van der Waals surface area contributed by atoms with Gasteiger partial charge in [-0.1, -0.05) is 24.3 Å². The highest BCUT2D eigenvalue weighted by Crippen LogP contribution is 2.10. The Hall–Kier alpha value is -1.24. The maximum absolute atomic E-state index is 3.12. The Labute approximate surface area is 74.1 Å². The lowest BCUT2D eigenvalue weighted by molar-refractivity contribution is 1.26. The second-order valence-electron chi connectivity index (χ2n) is 2.72. The number of rotatable bonds is 3. The van der Waals surface area contributed by atoms with E-state index in [9.17, 15) is 0 Å². The monoisotopic (exact) mass is 161 g/mol. The van der Waals surface area contributed by atoms with Gasteiger partial charge in [0.25, 0.3) is 0 Å². The van der Waals surface area contributed by atoms with E-state index in [0.717, 1.165) is 6.42 Å². The molecule has 0 saturated heterocycles. The van der Waals surface area contributed by atoms with E-state index < -0.39 is 0 Å². The van der Waals surface area contributed by atoms with E-state index in [4.69, 9.17) is 0 Å². The molecule has 0 bridgehead atoms. The highest BCUT2D eigenvalue weighted by atomic mass is 14.8. The average Bonchev–Trinajstić information content (AvgIpc) is 2.15. The van der Waals surface area contributed by atoms with E-state index in [-0.39, 0.29) is 0 Å². The molecule has 0 unspecified atom stereocenters. The first-order chi connectivity index (χ1) is 5.86. The van der Waals surface area contributed by atoms with E-state index >= 15 is 0 Å². The molecule has 12 heavy (non-hydrogen) atoms. The third kappa shape index (κ3) is 2.42. The van der Waals surface area contributed by atoms with E-state index in [1.807, 2.05) is 14.0 Å². The number of hydrogen-bond donors (Lipinski definition) is 1. The van der Waals surface area contributed by atoms with Gasteiger partial charge in [0.2, 0.25) is 0 Å².